The highest BCUT2D eigenvalue weighted by Gasteiger charge is 2.42. The lowest BCUT2D eigenvalue weighted by Crippen LogP contribution is -2.57. The second kappa shape index (κ2) is 12.7. The Morgan fingerprint density at radius 3 is 2.59 bits per heavy atom. The maximum absolute atomic E-state index is 14.3. The van der Waals surface area contributed by atoms with Crippen LogP contribution in [0.2, 0.25) is 0 Å². The third-order valence-electron chi connectivity index (χ3n) is 8.27. The third kappa shape index (κ3) is 6.68. The van der Waals surface area contributed by atoms with Gasteiger partial charge in [0, 0.05) is 31.1 Å². The van der Waals surface area contributed by atoms with Gasteiger partial charge in [0.2, 0.25) is 0 Å². The van der Waals surface area contributed by atoms with Crippen molar-refractivity contribution < 1.29 is 27.8 Å². The molecule has 5 aromatic rings. The van der Waals surface area contributed by atoms with Crippen LogP contribution in [0.4, 0.5) is 24.1 Å². The number of alkyl carbamates (subject to hydrolysis) is 1. The molecule has 0 saturated carbocycles. The van der Waals surface area contributed by atoms with Gasteiger partial charge in [-0.05, 0) is 42.7 Å². The largest absolute Gasteiger partial charge is 0.453 e. The van der Waals surface area contributed by atoms with Crippen LogP contribution in [-0.2, 0) is 29.3 Å². The van der Waals surface area contributed by atoms with E-state index in [-0.39, 0.29) is 24.5 Å². The second-order valence-corrected chi connectivity index (χ2v) is 12.9. The van der Waals surface area contributed by atoms with Crippen molar-refractivity contribution in [2.24, 2.45) is 12.8 Å². The molecule has 1 fully saturated rings. The van der Waals surface area contributed by atoms with Gasteiger partial charge in [0.1, 0.15) is 17.1 Å². The Hall–Kier alpha value is -5.74. The van der Waals surface area contributed by atoms with Gasteiger partial charge in [0.15, 0.2) is 22.8 Å². The first-order valence-electron chi connectivity index (χ1n) is 15.4. The van der Waals surface area contributed by atoms with E-state index >= 15 is 0 Å². The molecule has 1 saturated heterocycles. The van der Waals surface area contributed by atoms with Gasteiger partial charge in [-0.1, -0.05) is 26.0 Å². The number of ether oxygens (including phenoxy) is 2. The van der Waals surface area contributed by atoms with E-state index < -0.39 is 34.8 Å². The van der Waals surface area contributed by atoms with Crippen molar-refractivity contribution in [3.63, 3.8) is 0 Å². The number of carbonyl (C=O) groups excluding carboxylic acids is 2. The molecule has 6 rings (SSSR count). The number of hydrogen-bond donors (Lipinski definition) is 2. The highest BCUT2D eigenvalue weighted by atomic mass is 19.2. The maximum Gasteiger partial charge on any atom is 0.411 e. The number of nitrogens with one attached hydrogen (secondary N) is 1. The molecule has 1 unspecified atom stereocenters. The number of fused-ring (bicyclic) bond motifs is 1. The Morgan fingerprint density at radius 2 is 1.92 bits per heavy atom. The SMILES string of the molecule is COC(=O)NC1(c2cn(C)nn2)CCCN(c2cnc(-c3ccc(F)c(F)c3)cc2Cn2cnc3c(OC(N)=O)nc(C(C)(C)C)nc32)C1. The number of aromatic nitrogens is 8. The first-order chi connectivity index (χ1) is 23.3. The molecule has 1 aliphatic heterocycles. The number of pyridine rings is 1. The Kier molecular flexibility index (Phi) is 8.60. The molecular formula is C32H35F2N11O4. The Morgan fingerprint density at radius 1 is 1.12 bits per heavy atom. The fraction of sp³-hybridized carbons (Fsp3) is 0.375. The predicted molar refractivity (Wildman–Crippen MR) is 173 cm³/mol. The highest BCUT2D eigenvalue weighted by Crippen LogP contribution is 2.36. The van der Waals surface area contributed by atoms with E-state index in [2.05, 4.69) is 35.5 Å². The van der Waals surface area contributed by atoms with Crippen LogP contribution in [-0.4, -0.2) is 71.9 Å². The number of anilines is 1. The summed E-state index contributed by atoms with van der Waals surface area (Å²) in [5.41, 5.74) is 7.23. The van der Waals surface area contributed by atoms with Crippen LogP contribution in [0, 0.1) is 11.6 Å². The summed E-state index contributed by atoms with van der Waals surface area (Å²) in [6.07, 6.45) is 4.52. The standard InChI is InChI=1S/C32H35F2N11O4/c1-31(2,3)28-38-26-25(27(39-28)49-29(35)46)37-17-45(26)14-19-12-22(18-7-8-20(33)21(34)11-18)36-13-23(19)44-10-6-9-32(16-44,40-30(47)48-5)24-15-43(4)42-41-24/h7-8,11-13,15,17H,6,9-10,14,16H2,1-5H3,(H2,35,46)(H,40,47). The monoisotopic (exact) mass is 675 g/mol. The second-order valence-electron chi connectivity index (χ2n) is 12.9. The number of carbonyl (C=O) groups is 2. The molecule has 3 N–H and O–H groups in total. The summed E-state index contributed by atoms with van der Waals surface area (Å²) in [6.45, 7) is 6.82. The van der Waals surface area contributed by atoms with Crippen molar-refractivity contribution in [2.45, 2.75) is 51.1 Å². The van der Waals surface area contributed by atoms with Crippen molar-refractivity contribution >= 4 is 29.0 Å². The van der Waals surface area contributed by atoms with Gasteiger partial charge in [0.05, 0.1) is 43.8 Å². The van der Waals surface area contributed by atoms with Gasteiger partial charge in [-0.2, -0.15) is 4.98 Å². The molecule has 4 aromatic heterocycles. The number of halogens is 2. The van der Waals surface area contributed by atoms with Gasteiger partial charge in [0.25, 0.3) is 5.88 Å². The predicted octanol–water partition coefficient (Wildman–Crippen LogP) is 3.95. The molecule has 0 radical (unpaired) electrons. The summed E-state index contributed by atoms with van der Waals surface area (Å²) in [7, 11) is 3.04. The minimum absolute atomic E-state index is 0.0720. The third-order valence-corrected chi connectivity index (χ3v) is 8.27. The van der Waals surface area contributed by atoms with Crippen molar-refractivity contribution in [3.05, 3.63) is 71.7 Å². The minimum atomic E-state index is -1.04. The lowest BCUT2D eigenvalue weighted by Gasteiger charge is -2.43. The lowest BCUT2D eigenvalue weighted by atomic mass is 9.85. The number of piperidine rings is 1. The zero-order valence-electron chi connectivity index (χ0n) is 27.6. The van der Waals surface area contributed by atoms with Gasteiger partial charge in [-0.25, -0.2) is 28.3 Å². The number of primary amides is 1. The number of hydrogen-bond acceptors (Lipinski definition) is 11. The average molecular weight is 676 g/mol. The van der Waals surface area contributed by atoms with E-state index in [0.29, 0.717) is 53.5 Å². The summed E-state index contributed by atoms with van der Waals surface area (Å²) < 4.78 is 41.7. The number of nitrogens with zero attached hydrogens (tertiary/aromatic N) is 9. The molecule has 256 valence electrons. The molecule has 0 aliphatic carbocycles. The molecule has 1 aromatic carbocycles. The summed E-state index contributed by atoms with van der Waals surface area (Å²) in [5, 5.41) is 11.4. The van der Waals surface area contributed by atoms with Crippen LogP contribution in [0.1, 0.15) is 50.7 Å². The quantitative estimate of drug-likeness (QED) is 0.255. The molecule has 0 bridgehead atoms. The van der Waals surface area contributed by atoms with Crippen molar-refractivity contribution in [1.29, 1.82) is 0 Å². The highest BCUT2D eigenvalue weighted by molar-refractivity contribution is 5.80. The van der Waals surface area contributed by atoms with Crippen LogP contribution in [0.15, 0.2) is 43.0 Å². The number of imidazole rings is 1. The van der Waals surface area contributed by atoms with Crippen molar-refractivity contribution in [2.75, 3.05) is 25.1 Å². The number of nitrogens with two attached hydrogens (primary N) is 1. The normalized spacial score (nSPS) is 16.5. The lowest BCUT2D eigenvalue weighted by molar-refractivity contribution is 0.148. The zero-order chi connectivity index (χ0) is 35.1. The fourth-order valence-electron chi connectivity index (χ4n) is 5.88. The Bertz CT molecular complexity index is 2060. The van der Waals surface area contributed by atoms with E-state index in [1.165, 1.54) is 13.2 Å². The first-order valence-corrected chi connectivity index (χ1v) is 15.4. The van der Waals surface area contributed by atoms with Crippen LogP contribution in [0.25, 0.3) is 22.4 Å². The molecule has 1 aliphatic rings. The number of amides is 2. The van der Waals surface area contributed by atoms with Crippen molar-refractivity contribution in [1.82, 2.24) is 44.8 Å². The van der Waals surface area contributed by atoms with E-state index in [9.17, 15) is 18.4 Å². The molecule has 17 heteroatoms. The smallest absolute Gasteiger partial charge is 0.411 e. The van der Waals surface area contributed by atoms with E-state index in [1.54, 1.807) is 41.1 Å². The summed E-state index contributed by atoms with van der Waals surface area (Å²) in [5.74, 6) is -1.65. The van der Waals surface area contributed by atoms with Crippen LogP contribution in [0.5, 0.6) is 5.88 Å². The fourth-order valence-corrected chi connectivity index (χ4v) is 5.88. The first kappa shape index (κ1) is 33.2. The topological polar surface area (TPSA) is 181 Å². The number of benzene rings is 1. The number of methoxy groups -OCH3 is 1. The molecule has 0 spiro atoms. The number of aryl methyl sites for hydroxylation is 1. The van der Waals surface area contributed by atoms with E-state index in [4.69, 9.17) is 20.2 Å². The molecule has 2 amide bonds. The van der Waals surface area contributed by atoms with Gasteiger partial charge in [-0.3, -0.25) is 9.67 Å². The molecule has 5 heterocycles. The van der Waals surface area contributed by atoms with E-state index in [1.807, 2.05) is 20.8 Å². The van der Waals surface area contributed by atoms with Gasteiger partial charge in [-0.15, -0.1) is 5.10 Å². The van der Waals surface area contributed by atoms with E-state index in [0.717, 1.165) is 17.7 Å². The minimum Gasteiger partial charge on any atom is -0.453 e. The molecule has 1 atom stereocenters. The van der Waals surface area contributed by atoms with Crippen LogP contribution >= 0.6 is 0 Å². The van der Waals surface area contributed by atoms with Crippen molar-refractivity contribution in [3.8, 4) is 17.1 Å². The Balaban J connectivity index is 1.48. The Labute approximate surface area is 279 Å². The van der Waals surface area contributed by atoms with Gasteiger partial charge >= 0.3 is 12.2 Å². The summed E-state index contributed by atoms with van der Waals surface area (Å²) in [4.78, 5) is 44.7. The average Bonchev–Trinajstić information content (AvgIpc) is 3.68. The number of rotatable bonds is 7. The van der Waals surface area contributed by atoms with Gasteiger partial charge < -0.3 is 30.0 Å². The molecule has 15 nitrogen and oxygen atoms in total. The van der Waals surface area contributed by atoms with Crippen LogP contribution in [0.3, 0.4) is 0 Å². The summed E-state index contributed by atoms with van der Waals surface area (Å²) >= 11 is 0. The molecule has 49 heavy (non-hydrogen) atoms. The summed E-state index contributed by atoms with van der Waals surface area (Å²) in [6, 6.07) is 5.37. The molecular weight excluding hydrogens is 640 g/mol. The maximum atomic E-state index is 14.3. The zero-order valence-corrected chi connectivity index (χ0v) is 27.6. The van der Waals surface area contributed by atoms with Crippen LogP contribution < -0.4 is 20.7 Å².